The molecule has 0 heterocycles. The predicted octanol–water partition coefficient (Wildman–Crippen LogP) is 6.68. The number of hydrogen-bond donors (Lipinski definition) is 1. The number of halogens is 2. The van der Waals surface area contributed by atoms with Crippen molar-refractivity contribution in [3.05, 3.63) is 99.5 Å². The Morgan fingerprint density at radius 3 is 2.00 bits per heavy atom. The molecule has 0 fully saturated rings. The first-order chi connectivity index (χ1) is 13.6. The van der Waals surface area contributed by atoms with Gasteiger partial charge in [0.05, 0.1) is 10.0 Å². The van der Waals surface area contributed by atoms with Crippen LogP contribution < -0.4 is 10.1 Å². The van der Waals surface area contributed by atoms with Gasteiger partial charge >= 0.3 is 0 Å². The summed E-state index contributed by atoms with van der Waals surface area (Å²) in [6, 6.07) is 24.7. The second-order valence-electron chi connectivity index (χ2n) is 6.97. The van der Waals surface area contributed by atoms with Gasteiger partial charge < -0.3 is 10.1 Å². The lowest BCUT2D eigenvalue weighted by molar-refractivity contribution is 0.306. The monoisotopic (exact) mass is 413 g/mol. The van der Waals surface area contributed by atoms with Crippen LogP contribution in [0.5, 0.6) is 5.75 Å². The van der Waals surface area contributed by atoms with E-state index in [0.29, 0.717) is 35.0 Å². The molecule has 0 aliphatic heterocycles. The van der Waals surface area contributed by atoms with E-state index in [1.165, 1.54) is 5.56 Å². The van der Waals surface area contributed by atoms with E-state index < -0.39 is 0 Å². The molecule has 0 spiro atoms. The van der Waals surface area contributed by atoms with Gasteiger partial charge in [-0.3, -0.25) is 0 Å². The summed E-state index contributed by atoms with van der Waals surface area (Å²) in [5.41, 5.74) is 3.49. The molecule has 0 aromatic heterocycles. The van der Waals surface area contributed by atoms with Crippen LogP contribution in [0.1, 0.15) is 30.0 Å². The Morgan fingerprint density at radius 2 is 1.39 bits per heavy atom. The fourth-order valence-electron chi connectivity index (χ4n) is 3.00. The van der Waals surface area contributed by atoms with E-state index in [9.17, 15) is 0 Å². The molecule has 1 N–H and O–H groups in total. The van der Waals surface area contributed by atoms with Crippen LogP contribution in [0.15, 0.2) is 72.8 Å². The van der Waals surface area contributed by atoms with Crippen LogP contribution in [0.4, 0.5) is 0 Å². The summed E-state index contributed by atoms with van der Waals surface area (Å²) in [6.45, 7) is 3.35. The smallest absolute Gasteiger partial charge is 0.156 e. The van der Waals surface area contributed by atoms with E-state index >= 15 is 0 Å². The van der Waals surface area contributed by atoms with E-state index in [-0.39, 0.29) is 0 Å². The highest BCUT2D eigenvalue weighted by atomic mass is 35.5. The highest BCUT2D eigenvalue weighted by Crippen LogP contribution is 2.34. The van der Waals surface area contributed by atoms with Crippen molar-refractivity contribution in [1.82, 2.24) is 5.32 Å². The minimum atomic E-state index is 0.395. The number of ether oxygens (including phenoxy) is 1. The molecule has 0 aliphatic rings. The second-order valence-corrected chi connectivity index (χ2v) is 7.78. The van der Waals surface area contributed by atoms with Gasteiger partial charge in [-0.1, -0.05) is 83.9 Å². The second kappa shape index (κ2) is 10.5. The Balaban J connectivity index is 1.52. The first kappa shape index (κ1) is 20.7. The van der Waals surface area contributed by atoms with Crippen LogP contribution in [-0.4, -0.2) is 6.04 Å². The maximum atomic E-state index is 6.42. The summed E-state index contributed by atoms with van der Waals surface area (Å²) in [5.74, 6) is 0.535. The Bertz CT molecular complexity index is 845. The third kappa shape index (κ3) is 6.27. The van der Waals surface area contributed by atoms with Crippen molar-refractivity contribution in [3.63, 3.8) is 0 Å². The van der Waals surface area contributed by atoms with Crippen LogP contribution in [0, 0.1) is 0 Å². The van der Waals surface area contributed by atoms with Gasteiger partial charge in [-0.15, -0.1) is 0 Å². The van der Waals surface area contributed by atoms with Crippen LogP contribution in [-0.2, 0) is 19.6 Å². The van der Waals surface area contributed by atoms with Crippen molar-refractivity contribution in [3.8, 4) is 5.75 Å². The van der Waals surface area contributed by atoms with Gasteiger partial charge in [-0.05, 0) is 48.6 Å². The summed E-state index contributed by atoms with van der Waals surface area (Å²) in [5, 5.41) is 4.62. The summed E-state index contributed by atoms with van der Waals surface area (Å²) < 4.78 is 5.84. The zero-order chi connectivity index (χ0) is 19.8. The lowest BCUT2D eigenvalue weighted by Gasteiger charge is -2.16. The van der Waals surface area contributed by atoms with Crippen molar-refractivity contribution < 1.29 is 4.74 Å². The zero-order valence-corrected chi connectivity index (χ0v) is 17.5. The Labute approximate surface area is 177 Å². The van der Waals surface area contributed by atoms with Gasteiger partial charge in [0.25, 0.3) is 0 Å². The zero-order valence-electron chi connectivity index (χ0n) is 16.0. The lowest BCUT2D eigenvalue weighted by Crippen LogP contribution is -2.26. The fourth-order valence-corrected chi connectivity index (χ4v) is 3.65. The number of benzene rings is 3. The molecule has 0 radical (unpaired) electrons. The van der Waals surface area contributed by atoms with Crippen molar-refractivity contribution in [2.45, 2.75) is 39.0 Å². The molecule has 0 bridgehead atoms. The van der Waals surface area contributed by atoms with Crippen LogP contribution >= 0.6 is 23.2 Å². The van der Waals surface area contributed by atoms with E-state index in [1.54, 1.807) is 0 Å². The molecule has 28 heavy (non-hydrogen) atoms. The Kier molecular flexibility index (Phi) is 7.79. The van der Waals surface area contributed by atoms with Crippen molar-refractivity contribution in [1.29, 1.82) is 0 Å². The molecule has 3 rings (SSSR count). The molecule has 3 aromatic rings. The standard InChI is InChI=1S/C24H25Cl2NO/c1-18(12-13-19-8-4-2-5-9-19)27-16-21-14-22(25)24(23(26)15-21)28-17-20-10-6-3-7-11-20/h2-11,14-15,18,27H,12-13,16-17H2,1H3/t18-/m1/s1. The van der Waals surface area contributed by atoms with Gasteiger partial charge in [0.2, 0.25) is 0 Å². The number of nitrogens with one attached hydrogen (secondary N) is 1. The molecule has 2 nitrogen and oxygen atoms in total. The van der Waals surface area contributed by atoms with Crippen molar-refractivity contribution >= 4 is 23.2 Å². The van der Waals surface area contributed by atoms with Gasteiger partial charge in [-0.2, -0.15) is 0 Å². The molecule has 146 valence electrons. The molecule has 0 unspecified atom stereocenters. The largest absolute Gasteiger partial charge is 0.486 e. The third-order valence-corrected chi connectivity index (χ3v) is 5.21. The number of hydrogen-bond acceptors (Lipinski definition) is 2. The molecule has 0 saturated heterocycles. The average Bonchev–Trinajstić information content (AvgIpc) is 2.71. The summed E-state index contributed by atoms with van der Waals surface area (Å²) in [4.78, 5) is 0. The summed E-state index contributed by atoms with van der Waals surface area (Å²) in [6.07, 6.45) is 2.13. The van der Waals surface area contributed by atoms with Crippen molar-refractivity contribution in [2.75, 3.05) is 0 Å². The third-order valence-electron chi connectivity index (χ3n) is 4.65. The minimum Gasteiger partial charge on any atom is -0.486 e. The molecule has 0 aliphatic carbocycles. The van der Waals surface area contributed by atoms with Crippen LogP contribution in [0.2, 0.25) is 10.0 Å². The van der Waals surface area contributed by atoms with Crippen LogP contribution in [0.25, 0.3) is 0 Å². The van der Waals surface area contributed by atoms with Gasteiger partial charge in [-0.25, -0.2) is 0 Å². The summed E-state index contributed by atoms with van der Waals surface area (Å²) >= 11 is 12.8. The Morgan fingerprint density at radius 1 is 0.821 bits per heavy atom. The molecule has 3 aromatic carbocycles. The van der Waals surface area contributed by atoms with Crippen molar-refractivity contribution in [2.24, 2.45) is 0 Å². The van der Waals surface area contributed by atoms with E-state index in [4.69, 9.17) is 27.9 Å². The fraction of sp³-hybridized carbons (Fsp3) is 0.250. The van der Waals surface area contributed by atoms with Crippen LogP contribution in [0.3, 0.4) is 0 Å². The van der Waals surface area contributed by atoms with E-state index in [1.807, 2.05) is 48.5 Å². The number of rotatable bonds is 9. The first-order valence-corrected chi connectivity index (χ1v) is 10.3. The SMILES string of the molecule is C[C@H](CCc1ccccc1)NCc1cc(Cl)c(OCc2ccccc2)c(Cl)c1. The average molecular weight is 414 g/mol. The number of aryl methyl sites for hydroxylation is 1. The molecular weight excluding hydrogens is 389 g/mol. The topological polar surface area (TPSA) is 21.3 Å². The quantitative estimate of drug-likeness (QED) is 0.422. The van der Waals surface area contributed by atoms with E-state index in [0.717, 1.165) is 24.0 Å². The van der Waals surface area contributed by atoms with Gasteiger partial charge in [0.1, 0.15) is 6.61 Å². The maximum Gasteiger partial charge on any atom is 0.156 e. The molecule has 4 heteroatoms. The Hall–Kier alpha value is -2.00. The lowest BCUT2D eigenvalue weighted by atomic mass is 10.1. The molecule has 0 amide bonds. The molecule has 0 saturated carbocycles. The molecule has 1 atom stereocenters. The van der Waals surface area contributed by atoms with E-state index in [2.05, 4.69) is 36.5 Å². The minimum absolute atomic E-state index is 0.395. The normalized spacial score (nSPS) is 12.0. The predicted molar refractivity (Wildman–Crippen MR) is 118 cm³/mol. The summed E-state index contributed by atoms with van der Waals surface area (Å²) in [7, 11) is 0. The maximum absolute atomic E-state index is 6.42. The van der Waals surface area contributed by atoms with Gasteiger partial charge in [0, 0.05) is 12.6 Å². The van der Waals surface area contributed by atoms with Gasteiger partial charge in [0.15, 0.2) is 5.75 Å². The molecular formula is C24H25Cl2NO. The highest BCUT2D eigenvalue weighted by molar-refractivity contribution is 6.37. The highest BCUT2D eigenvalue weighted by Gasteiger charge is 2.11. The first-order valence-electron chi connectivity index (χ1n) is 9.54.